The van der Waals surface area contributed by atoms with Gasteiger partial charge >= 0.3 is 0 Å². The number of piperazine rings is 1. The van der Waals surface area contributed by atoms with E-state index in [1.807, 2.05) is 6.07 Å². The van der Waals surface area contributed by atoms with Crippen molar-refractivity contribution in [3.05, 3.63) is 77.0 Å². The van der Waals surface area contributed by atoms with Crippen LogP contribution in [0.15, 0.2) is 59.9 Å². The van der Waals surface area contributed by atoms with Crippen molar-refractivity contribution < 1.29 is 8.78 Å². The Morgan fingerprint density at radius 1 is 1.00 bits per heavy atom. The number of aromatic nitrogens is 5. The first-order chi connectivity index (χ1) is 17.1. The summed E-state index contributed by atoms with van der Waals surface area (Å²) in [5.74, 6) is -0.867. The van der Waals surface area contributed by atoms with Crippen LogP contribution in [0.1, 0.15) is 0 Å². The first-order valence-electron chi connectivity index (χ1n) is 11.1. The quantitative estimate of drug-likeness (QED) is 0.368. The van der Waals surface area contributed by atoms with Crippen molar-refractivity contribution in [3.8, 4) is 11.3 Å². The van der Waals surface area contributed by atoms with E-state index in [2.05, 4.69) is 35.5 Å². The van der Waals surface area contributed by atoms with Gasteiger partial charge in [-0.3, -0.25) is 4.79 Å². The summed E-state index contributed by atoms with van der Waals surface area (Å²) in [6.07, 6.45) is 6.08. The summed E-state index contributed by atoms with van der Waals surface area (Å²) in [4.78, 5) is 30.3. The van der Waals surface area contributed by atoms with E-state index in [0.29, 0.717) is 17.0 Å². The maximum atomic E-state index is 15.0. The normalized spacial score (nSPS) is 14.1. The molecular formula is C24H20F2N8O. The highest BCUT2D eigenvalue weighted by Crippen LogP contribution is 2.28. The van der Waals surface area contributed by atoms with Crippen LogP contribution in [-0.2, 0) is 0 Å². The molecule has 0 saturated carbocycles. The minimum Gasteiger partial charge on any atom is -0.368 e. The molecule has 5 aromatic rings. The zero-order chi connectivity index (χ0) is 23.9. The lowest BCUT2D eigenvalue weighted by molar-refractivity contribution is 0.589. The molecular weight excluding hydrogens is 454 g/mol. The van der Waals surface area contributed by atoms with Gasteiger partial charge < -0.3 is 24.9 Å². The van der Waals surface area contributed by atoms with E-state index in [0.717, 1.165) is 44.1 Å². The lowest BCUT2D eigenvalue weighted by Gasteiger charge is -2.29. The lowest BCUT2D eigenvalue weighted by atomic mass is 10.1. The molecule has 6 rings (SSSR count). The van der Waals surface area contributed by atoms with E-state index in [4.69, 9.17) is 0 Å². The number of hydrogen-bond acceptors (Lipinski definition) is 7. The monoisotopic (exact) mass is 474 g/mol. The maximum absolute atomic E-state index is 15.0. The van der Waals surface area contributed by atoms with Crippen LogP contribution in [0.2, 0.25) is 0 Å². The van der Waals surface area contributed by atoms with Crippen LogP contribution in [0, 0.1) is 11.6 Å². The fraction of sp³-hybridized carbons (Fsp3) is 0.167. The molecule has 35 heavy (non-hydrogen) atoms. The molecule has 5 heterocycles. The van der Waals surface area contributed by atoms with Gasteiger partial charge in [0.25, 0.3) is 0 Å². The van der Waals surface area contributed by atoms with Crippen LogP contribution in [0.3, 0.4) is 0 Å². The van der Waals surface area contributed by atoms with Gasteiger partial charge in [-0.05, 0) is 24.3 Å². The average Bonchev–Trinajstić information content (AvgIpc) is 3.34. The molecule has 9 nitrogen and oxygen atoms in total. The third kappa shape index (κ3) is 3.85. The molecule has 0 amide bonds. The molecule has 1 fully saturated rings. The number of imidazole rings is 1. The molecule has 176 valence electrons. The van der Waals surface area contributed by atoms with Crippen molar-refractivity contribution in [2.24, 2.45) is 0 Å². The second-order valence-electron chi connectivity index (χ2n) is 8.23. The number of aromatic amines is 1. The molecule has 0 unspecified atom stereocenters. The van der Waals surface area contributed by atoms with E-state index in [1.54, 1.807) is 29.1 Å². The van der Waals surface area contributed by atoms with Gasteiger partial charge in [0.05, 0.1) is 29.0 Å². The number of rotatable bonds is 4. The number of pyridine rings is 2. The molecule has 1 aliphatic heterocycles. The van der Waals surface area contributed by atoms with Crippen molar-refractivity contribution in [2.75, 3.05) is 36.4 Å². The van der Waals surface area contributed by atoms with E-state index in [-0.39, 0.29) is 22.6 Å². The first-order valence-corrected chi connectivity index (χ1v) is 11.1. The highest BCUT2D eigenvalue weighted by Gasteiger charge is 2.17. The number of benzene rings is 1. The van der Waals surface area contributed by atoms with E-state index in [9.17, 15) is 13.6 Å². The highest BCUT2D eigenvalue weighted by molar-refractivity contribution is 5.87. The SMILES string of the molecule is O=c1cc2[nH]ccn2c2cc(-c3nc(Nc4ccc(N5CCNCC5)cn4)ncc3F)cc(F)c12. The van der Waals surface area contributed by atoms with Gasteiger partial charge in [-0.1, -0.05) is 0 Å². The largest absolute Gasteiger partial charge is 0.368 e. The minimum atomic E-state index is -0.754. The minimum absolute atomic E-state index is 0.0764. The number of fused-ring (bicyclic) bond motifs is 3. The summed E-state index contributed by atoms with van der Waals surface area (Å²) in [5.41, 5.74) is 1.44. The van der Waals surface area contributed by atoms with Crippen LogP contribution in [0.5, 0.6) is 0 Å². The Morgan fingerprint density at radius 2 is 1.86 bits per heavy atom. The van der Waals surface area contributed by atoms with Gasteiger partial charge in [0, 0.05) is 50.2 Å². The molecule has 3 N–H and O–H groups in total. The average molecular weight is 474 g/mol. The summed E-state index contributed by atoms with van der Waals surface area (Å²) in [6, 6.07) is 7.71. The maximum Gasteiger partial charge on any atom is 0.229 e. The van der Waals surface area contributed by atoms with E-state index in [1.165, 1.54) is 12.1 Å². The van der Waals surface area contributed by atoms with Crippen molar-refractivity contribution in [1.82, 2.24) is 29.7 Å². The summed E-state index contributed by atoms with van der Waals surface area (Å²) < 4.78 is 31.3. The topological polar surface area (TPSA) is 103 Å². The molecule has 0 radical (unpaired) electrons. The van der Waals surface area contributed by atoms with Gasteiger partial charge in [-0.15, -0.1) is 0 Å². The molecule has 0 aliphatic carbocycles. The second-order valence-corrected chi connectivity index (χ2v) is 8.23. The molecule has 0 atom stereocenters. The predicted octanol–water partition coefficient (Wildman–Crippen LogP) is 3.06. The van der Waals surface area contributed by atoms with Crippen LogP contribution in [0.4, 0.5) is 26.2 Å². The summed E-state index contributed by atoms with van der Waals surface area (Å²) in [7, 11) is 0. The molecule has 1 aromatic carbocycles. The Balaban J connectivity index is 1.35. The summed E-state index contributed by atoms with van der Waals surface area (Å²) in [5, 5.41) is 6.21. The number of nitrogens with one attached hydrogen (secondary N) is 3. The zero-order valence-corrected chi connectivity index (χ0v) is 18.4. The Hall–Kier alpha value is -4.38. The Bertz CT molecular complexity index is 1610. The first kappa shape index (κ1) is 21.2. The van der Waals surface area contributed by atoms with Crippen LogP contribution >= 0.6 is 0 Å². The predicted molar refractivity (Wildman–Crippen MR) is 129 cm³/mol. The molecule has 1 aliphatic rings. The fourth-order valence-corrected chi connectivity index (χ4v) is 4.34. The van der Waals surface area contributed by atoms with Gasteiger partial charge in [0.1, 0.15) is 23.0 Å². The van der Waals surface area contributed by atoms with Gasteiger partial charge in [0.15, 0.2) is 11.2 Å². The van der Waals surface area contributed by atoms with E-state index >= 15 is 0 Å². The Labute approximate surface area is 197 Å². The third-order valence-corrected chi connectivity index (χ3v) is 6.04. The summed E-state index contributed by atoms with van der Waals surface area (Å²) in [6.45, 7) is 3.66. The molecule has 0 spiro atoms. The van der Waals surface area contributed by atoms with Gasteiger partial charge in [-0.2, -0.15) is 0 Å². The Kier molecular flexibility index (Phi) is 5.10. The van der Waals surface area contributed by atoms with Crippen molar-refractivity contribution >= 4 is 34.0 Å². The highest BCUT2D eigenvalue weighted by atomic mass is 19.1. The van der Waals surface area contributed by atoms with E-state index < -0.39 is 17.1 Å². The van der Waals surface area contributed by atoms with Crippen LogP contribution < -0.4 is 21.0 Å². The second kappa shape index (κ2) is 8.44. The Morgan fingerprint density at radius 3 is 2.66 bits per heavy atom. The van der Waals surface area contributed by atoms with Crippen LogP contribution in [0.25, 0.3) is 27.8 Å². The molecule has 1 saturated heterocycles. The van der Waals surface area contributed by atoms with Crippen molar-refractivity contribution in [3.63, 3.8) is 0 Å². The number of nitrogens with zero attached hydrogens (tertiary/aromatic N) is 5. The molecule has 4 aromatic heterocycles. The van der Waals surface area contributed by atoms with Crippen molar-refractivity contribution in [1.29, 1.82) is 0 Å². The number of hydrogen-bond donors (Lipinski definition) is 3. The summed E-state index contributed by atoms with van der Waals surface area (Å²) >= 11 is 0. The fourth-order valence-electron chi connectivity index (χ4n) is 4.34. The van der Waals surface area contributed by atoms with Crippen LogP contribution in [-0.4, -0.2) is 50.5 Å². The van der Waals surface area contributed by atoms with Gasteiger partial charge in [0.2, 0.25) is 5.95 Å². The number of halogens is 2. The molecule has 0 bridgehead atoms. The zero-order valence-electron chi connectivity index (χ0n) is 18.4. The number of H-pyrrole nitrogens is 1. The van der Waals surface area contributed by atoms with Crippen molar-refractivity contribution in [2.45, 2.75) is 0 Å². The molecule has 11 heteroatoms. The lowest BCUT2D eigenvalue weighted by Crippen LogP contribution is -2.43. The van der Waals surface area contributed by atoms with Gasteiger partial charge in [-0.25, -0.2) is 23.7 Å². The number of anilines is 3. The third-order valence-electron chi connectivity index (χ3n) is 6.04. The smallest absolute Gasteiger partial charge is 0.229 e. The standard InChI is InChI=1S/C24H20F2N8O/c25-16-9-14(10-18-22(16)19(35)11-21-28-5-8-34(18)21)23-17(26)13-30-24(32-23)31-20-2-1-15(12-29-20)33-6-3-27-4-7-33/h1-2,5,8-13,27-28H,3-4,6-7H2,(H,29,30,31,32).